The van der Waals surface area contributed by atoms with Crippen LogP contribution in [0.15, 0.2) is 0 Å². The maximum absolute atomic E-state index is 2.68. The molecule has 0 radical (unpaired) electrons. The van der Waals surface area contributed by atoms with Gasteiger partial charge in [0.05, 0.1) is 0 Å². The molecule has 2 atom stereocenters. The number of hydrogen-bond acceptors (Lipinski definition) is 1. The van der Waals surface area contributed by atoms with Gasteiger partial charge in [-0.25, -0.2) is 0 Å². The molecule has 0 amide bonds. The van der Waals surface area contributed by atoms with Crippen molar-refractivity contribution in [2.75, 3.05) is 6.54 Å². The van der Waals surface area contributed by atoms with Gasteiger partial charge in [0.25, 0.3) is 0 Å². The minimum absolute atomic E-state index is 0.725. The van der Waals surface area contributed by atoms with E-state index in [2.05, 4.69) is 25.7 Å². The van der Waals surface area contributed by atoms with Gasteiger partial charge >= 0.3 is 0 Å². The summed E-state index contributed by atoms with van der Waals surface area (Å²) in [5.41, 5.74) is 0.725. The molecule has 0 spiro atoms. The molecule has 1 saturated heterocycles. The Kier molecular flexibility index (Phi) is 1.54. The predicted molar refractivity (Wildman–Crippen MR) is 47.6 cm³/mol. The fourth-order valence-corrected chi connectivity index (χ4v) is 2.61. The largest absolute Gasteiger partial charge is 0.297 e. The molecule has 2 fully saturated rings. The van der Waals surface area contributed by atoms with Crippen molar-refractivity contribution < 1.29 is 0 Å². The summed E-state index contributed by atoms with van der Waals surface area (Å²) in [5, 5.41) is 0. The van der Waals surface area contributed by atoms with Gasteiger partial charge in [0, 0.05) is 12.1 Å². The Hall–Kier alpha value is -0.0400. The lowest BCUT2D eigenvalue weighted by Crippen LogP contribution is -2.39. The van der Waals surface area contributed by atoms with Crippen LogP contribution in [0.3, 0.4) is 0 Å². The van der Waals surface area contributed by atoms with Crippen LogP contribution in [0.4, 0.5) is 0 Å². The molecule has 1 heterocycles. The summed E-state index contributed by atoms with van der Waals surface area (Å²) in [6.45, 7) is 8.44. The first kappa shape index (κ1) is 7.60. The van der Waals surface area contributed by atoms with Crippen LogP contribution in [0.25, 0.3) is 0 Å². The normalized spacial score (nSPS) is 44.2. The van der Waals surface area contributed by atoms with E-state index in [1.807, 2.05) is 0 Å². The molecule has 1 heteroatoms. The Morgan fingerprint density at radius 1 is 1.45 bits per heavy atom. The average molecular weight is 153 g/mol. The van der Waals surface area contributed by atoms with E-state index < -0.39 is 0 Å². The first-order chi connectivity index (χ1) is 5.13. The van der Waals surface area contributed by atoms with Crippen molar-refractivity contribution in [3.63, 3.8) is 0 Å². The number of hydrogen-bond donors (Lipinski definition) is 0. The maximum atomic E-state index is 2.68. The van der Waals surface area contributed by atoms with Crippen LogP contribution in [-0.4, -0.2) is 23.5 Å². The van der Waals surface area contributed by atoms with E-state index in [1.54, 1.807) is 0 Å². The first-order valence-electron chi connectivity index (χ1n) is 4.89. The van der Waals surface area contributed by atoms with Gasteiger partial charge in [0.2, 0.25) is 0 Å². The third-order valence-corrected chi connectivity index (χ3v) is 3.53. The Morgan fingerprint density at radius 2 is 2.18 bits per heavy atom. The molecular weight excluding hydrogens is 134 g/mol. The highest BCUT2D eigenvalue weighted by Gasteiger charge is 2.55. The smallest absolute Gasteiger partial charge is 0.0158 e. The number of fused-ring (bicyclic) bond motifs is 1. The van der Waals surface area contributed by atoms with Gasteiger partial charge in [-0.05, 0) is 45.1 Å². The second-order valence-corrected chi connectivity index (χ2v) is 4.81. The number of piperidine rings is 1. The van der Waals surface area contributed by atoms with Gasteiger partial charge in [-0.1, -0.05) is 6.92 Å². The van der Waals surface area contributed by atoms with E-state index in [0.717, 1.165) is 17.5 Å². The van der Waals surface area contributed by atoms with Crippen LogP contribution < -0.4 is 0 Å². The minimum Gasteiger partial charge on any atom is -0.297 e. The standard InChI is InChI=1S/C10H19N/c1-8(2)11-6-4-5-10(3)7-9(10)11/h8-9H,4-7H2,1-3H3. The van der Waals surface area contributed by atoms with E-state index in [-0.39, 0.29) is 0 Å². The molecule has 0 N–H and O–H groups in total. The Bertz CT molecular complexity index is 164. The summed E-state index contributed by atoms with van der Waals surface area (Å²) in [5.74, 6) is 0. The molecule has 1 saturated carbocycles. The highest BCUT2D eigenvalue weighted by Crippen LogP contribution is 2.55. The fourth-order valence-electron chi connectivity index (χ4n) is 2.61. The zero-order valence-corrected chi connectivity index (χ0v) is 7.93. The second kappa shape index (κ2) is 2.22. The van der Waals surface area contributed by atoms with Crippen molar-refractivity contribution >= 4 is 0 Å². The van der Waals surface area contributed by atoms with Crippen molar-refractivity contribution in [1.82, 2.24) is 4.90 Å². The lowest BCUT2D eigenvalue weighted by Gasteiger charge is -2.33. The zero-order chi connectivity index (χ0) is 8.06. The van der Waals surface area contributed by atoms with Crippen molar-refractivity contribution in [2.24, 2.45) is 5.41 Å². The van der Waals surface area contributed by atoms with Crippen LogP contribution >= 0.6 is 0 Å². The van der Waals surface area contributed by atoms with Crippen molar-refractivity contribution in [1.29, 1.82) is 0 Å². The summed E-state index contributed by atoms with van der Waals surface area (Å²) in [7, 11) is 0. The number of likely N-dealkylation sites (tertiary alicyclic amines) is 1. The van der Waals surface area contributed by atoms with E-state index in [0.29, 0.717) is 0 Å². The van der Waals surface area contributed by atoms with Crippen molar-refractivity contribution in [3.8, 4) is 0 Å². The van der Waals surface area contributed by atoms with E-state index in [1.165, 1.54) is 25.8 Å². The maximum Gasteiger partial charge on any atom is 0.0158 e. The second-order valence-electron chi connectivity index (χ2n) is 4.81. The predicted octanol–water partition coefficient (Wildman–Crippen LogP) is 2.27. The molecule has 1 nitrogen and oxygen atoms in total. The molecule has 11 heavy (non-hydrogen) atoms. The monoisotopic (exact) mass is 153 g/mol. The van der Waals surface area contributed by atoms with Gasteiger partial charge in [-0.2, -0.15) is 0 Å². The van der Waals surface area contributed by atoms with Crippen LogP contribution in [0.5, 0.6) is 0 Å². The summed E-state index contributed by atoms with van der Waals surface area (Å²) < 4.78 is 0. The van der Waals surface area contributed by atoms with Gasteiger partial charge in [0.15, 0.2) is 0 Å². The van der Waals surface area contributed by atoms with Gasteiger partial charge in [-0.3, -0.25) is 4.90 Å². The van der Waals surface area contributed by atoms with Crippen LogP contribution in [0.2, 0.25) is 0 Å². The summed E-state index contributed by atoms with van der Waals surface area (Å²) >= 11 is 0. The summed E-state index contributed by atoms with van der Waals surface area (Å²) in [6.07, 6.45) is 4.36. The first-order valence-corrected chi connectivity index (χ1v) is 4.89. The van der Waals surface area contributed by atoms with E-state index >= 15 is 0 Å². The number of rotatable bonds is 1. The van der Waals surface area contributed by atoms with E-state index in [4.69, 9.17) is 0 Å². The van der Waals surface area contributed by atoms with Crippen LogP contribution in [-0.2, 0) is 0 Å². The Labute approximate surface area is 69.8 Å². The topological polar surface area (TPSA) is 3.24 Å². The minimum atomic E-state index is 0.725. The SMILES string of the molecule is CC(C)N1CCCC2(C)CC12. The summed E-state index contributed by atoms with van der Waals surface area (Å²) in [4.78, 5) is 2.68. The Balaban J connectivity index is 2.03. The molecular formula is C10H19N. The van der Waals surface area contributed by atoms with E-state index in [9.17, 15) is 0 Å². The fraction of sp³-hybridized carbons (Fsp3) is 1.00. The lowest BCUT2D eigenvalue weighted by molar-refractivity contribution is 0.144. The number of nitrogens with zero attached hydrogens (tertiary/aromatic N) is 1. The van der Waals surface area contributed by atoms with Crippen LogP contribution in [0, 0.1) is 5.41 Å². The third kappa shape index (κ3) is 1.10. The molecule has 0 aromatic heterocycles. The molecule has 1 aliphatic heterocycles. The molecule has 2 rings (SSSR count). The molecule has 1 aliphatic carbocycles. The van der Waals surface area contributed by atoms with Gasteiger partial charge < -0.3 is 0 Å². The molecule has 2 aliphatic rings. The van der Waals surface area contributed by atoms with Crippen molar-refractivity contribution in [3.05, 3.63) is 0 Å². The van der Waals surface area contributed by atoms with Crippen molar-refractivity contribution in [2.45, 2.75) is 52.1 Å². The molecule has 0 bridgehead atoms. The average Bonchev–Trinajstić information content (AvgIpc) is 2.58. The van der Waals surface area contributed by atoms with Gasteiger partial charge in [-0.15, -0.1) is 0 Å². The molecule has 2 unspecified atom stereocenters. The molecule has 0 aromatic carbocycles. The molecule has 0 aromatic rings. The quantitative estimate of drug-likeness (QED) is 0.558. The molecule has 64 valence electrons. The summed E-state index contributed by atoms with van der Waals surface area (Å²) in [6, 6.07) is 1.71. The Morgan fingerprint density at radius 3 is 2.73 bits per heavy atom. The van der Waals surface area contributed by atoms with Crippen LogP contribution in [0.1, 0.15) is 40.0 Å². The third-order valence-electron chi connectivity index (χ3n) is 3.53. The lowest BCUT2D eigenvalue weighted by atomic mass is 9.97. The van der Waals surface area contributed by atoms with Gasteiger partial charge in [0.1, 0.15) is 0 Å². The highest BCUT2D eigenvalue weighted by atomic mass is 15.2. The highest BCUT2D eigenvalue weighted by molar-refractivity contribution is 5.08. The zero-order valence-electron chi connectivity index (χ0n) is 7.93.